The van der Waals surface area contributed by atoms with Crippen LogP contribution in [0.2, 0.25) is 0 Å². The first kappa shape index (κ1) is 19.8. The van der Waals surface area contributed by atoms with Crippen molar-refractivity contribution in [2.24, 2.45) is 10.3 Å². The molecular formula is C20H13F3N6O3. The summed E-state index contributed by atoms with van der Waals surface area (Å²) in [6, 6.07) is 10.9. The largest absolute Gasteiger partial charge is 0.416 e. The molecule has 0 aliphatic carbocycles. The molecule has 3 aromatic rings. The van der Waals surface area contributed by atoms with Crippen molar-refractivity contribution >= 4 is 17.5 Å². The van der Waals surface area contributed by atoms with E-state index >= 15 is 0 Å². The van der Waals surface area contributed by atoms with E-state index in [0.717, 1.165) is 17.0 Å². The summed E-state index contributed by atoms with van der Waals surface area (Å²) in [6.07, 6.45) is -4.45. The number of benzene rings is 2. The van der Waals surface area contributed by atoms with Gasteiger partial charge in [0.05, 0.1) is 11.3 Å². The van der Waals surface area contributed by atoms with Gasteiger partial charge in [0, 0.05) is 5.56 Å². The van der Waals surface area contributed by atoms with Crippen LogP contribution in [0.3, 0.4) is 0 Å². The van der Waals surface area contributed by atoms with E-state index in [4.69, 9.17) is 4.52 Å². The average molecular weight is 442 g/mol. The molecule has 3 heterocycles. The third-order valence-corrected chi connectivity index (χ3v) is 5.11. The Morgan fingerprint density at radius 2 is 1.69 bits per heavy atom. The predicted octanol–water partition coefficient (Wildman–Crippen LogP) is 3.25. The van der Waals surface area contributed by atoms with E-state index in [1.807, 2.05) is 0 Å². The highest BCUT2D eigenvalue weighted by Crippen LogP contribution is 2.33. The zero-order chi connectivity index (χ0) is 22.5. The van der Waals surface area contributed by atoms with Crippen LogP contribution in [-0.4, -0.2) is 39.0 Å². The van der Waals surface area contributed by atoms with Crippen LogP contribution >= 0.6 is 0 Å². The van der Waals surface area contributed by atoms with E-state index in [1.54, 1.807) is 30.3 Å². The summed E-state index contributed by atoms with van der Waals surface area (Å²) in [5.41, 5.74) is -0.0217. The number of fused-ring (bicyclic) bond motifs is 1. The van der Waals surface area contributed by atoms with Crippen molar-refractivity contribution in [3.05, 3.63) is 66.1 Å². The maximum atomic E-state index is 12.9. The highest BCUT2D eigenvalue weighted by Gasteiger charge is 2.55. The molecular weight excluding hydrogens is 429 g/mol. The van der Waals surface area contributed by atoms with Crippen LogP contribution in [0.25, 0.3) is 11.4 Å². The number of imide groups is 1. The number of amides is 2. The topological polar surface area (TPSA) is 104 Å². The molecule has 0 saturated carbocycles. The zero-order valence-electron chi connectivity index (χ0n) is 16.1. The first-order valence-electron chi connectivity index (χ1n) is 9.43. The highest BCUT2D eigenvalue weighted by molar-refractivity contribution is 6.25. The van der Waals surface area contributed by atoms with Crippen LogP contribution in [-0.2, 0) is 22.3 Å². The Hall–Kier alpha value is -4.09. The summed E-state index contributed by atoms with van der Waals surface area (Å²) in [5, 5.41) is 12.9. The third-order valence-electron chi connectivity index (χ3n) is 5.11. The first-order valence-corrected chi connectivity index (χ1v) is 9.43. The Kier molecular flexibility index (Phi) is 4.50. The summed E-state index contributed by atoms with van der Waals surface area (Å²) < 4.78 is 43.3. The number of halogens is 3. The molecule has 0 unspecified atom stereocenters. The van der Waals surface area contributed by atoms with Gasteiger partial charge in [-0.1, -0.05) is 40.7 Å². The lowest BCUT2D eigenvalue weighted by Gasteiger charge is -2.19. The molecule has 12 heteroatoms. The lowest BCUT2D eigenvalue weighted by Crippen LogP contribution is -2.39. The minimum absolute atomic E-state index is 0.0675. The van der Waals surface area contributed by atoms with Crippen LogP contribution in [0.4, 0.5) is 18.9 Å². The number of anilines is 1. The van der Waals surface area contributed by atoms with E-state index in [9.17, 15) is 22.8 Å². The van der Waals surface area contributed by atoms with Gasteiger partial charge >= 0.3 is 6.18 Å². The molecule has 0 N–H and O–H groups in total. The second-order valence-corrected chi connectivity index (χ2v) is 7.13. The standard InChI is InChI=1S/C20H13F3N6O3/c21-20(22,23)12-8-6-11(7-9-12)17-24-14(32-26-17)10-28-16-15(25-27-28)18(30)29(19(16)31)13-4-2-1-3-5-13/h1-9,15-16H,10H2/t15-,16+/m0/s1. The number of alkyl halides is 3. The number of aromatic nitrogens is 2. The molecule has 2 aromatic carbocycles. The van der Waals surface area contributed by atoms with Crippen LogP contribution in [0.1, 0.15) is 11.5 Å². The molecule has 0 radical (unpaired) electrons. The predicted molar refractivity (Wildman–Crippen MR) is 102 cm³/mol. The lowest BCUT2D eigenvalue weighted by molar-refractivity contribution is -0.137. The molecule has 1 fully saturated rings. The minimum atomic E-state index is -4.45. The van der Waals surface area contributed by atoms with Crippen molar-refractivity contribution < 1.29 is 27.3 Å². The van der Waals surface area contributed by atoms with Gasteiger partial charge in [0.2, 0.25) is 11.7 Å². The lowest BCUT2D eigenvalue weighted by atomic mass is 10.1. The van der Waals surface area contributed by atoms with Crippen molar-refractivity contribution in [2.45, 2.75) is 24.8 Å². The van der Waals surface area contributed by atoms with Crippen molar-refractivity contribution in [3.8, 4) is 11.4 Å². The van der Waals surface area contributed by atoms with Gasteiger partial charge in [-0.05, 0) is 24.3 Å². The number of hydrogen-bond acceptors (Lipinski definition) is 8. The first-order chi connectivity index (χ1) is 15.3. The summed E-state index contributed by atoms with van der Waals surface area (Å²) in [7, 11) is 0. The molecule has 5 rings (SSSR count). The van der Waals surface area contributed by atoms with Crippen molar-refractivity contribution in [2.75, 3.05) is 4.90 Å². The van der Waals surface area contributed by atoms with Crippen molar-refractivity contribution in [3.63, 3.8) is 0 Å². The molecule has 2 aliphatic heterocycles. The maximum Gasteiger partial charge on any atom is 0.416 e. The minimum Gasteiger partial charge on any atom is -0.337 e. The third kappa shape index (κ3) is 3.29. The molecule has 32 heavy (non-hydrogen) atoms. The molecule has 2 atom stereocenters. The Morgan fingerprint density at radius 1 is 0.969 bits per heavy atom. The van der Waals surface area contributed by atoms with Crippen LogP contribution < -0.4 is 4.90 Å². The average Bonchev–Trinajstić information content (AvgIpc) is 3.47. The van der Waals surface area contributed by atoms with E-state index in [2.05, 4.69) is 20.5 Å². The fourth-order valence-electron chi connectivity index (χ4n) is 3.57. The number of rotatable bonds is 4. The molecule has 1 saturated heterocycles. The summed E-state index contributed by atoms with van der Waals surface area (Å²) in [6.45, 7) is -0.0973. The molecule has 1 aromatic heterocycles. The van der Waals surface area contributed by atoms with Crippen molar-refractivity contribution in [1.82, 2.24) is 15.1 Å². The number of hydrogen-bond donors (Lipinski definition) is 0. The maximum absolute atomic E-state index is 12.9. The van der Waals surface area contributed by atoms with Crippen LogP contribution in [0, 0.1) is 0 Å². The zero-order valence-corrected chi connectivity index (χ0v) is 16.1. The summed E-state index contributed by atoms with van der Waals surface area (Å²) in [4.78, 5) is 30.8. The summed E-state index contributed by atoms with van der Waals surface area (Å²) >= 11 is 0. The monoisotopic (exact) mass is 442 g/mol. The van der Waals surface area contributed by atoms with E-state index < -0.39 is 35.6 Å². The molecule has 0 spiro atoms. The van der Waals surface area contributed by atoms with Crippen LogP contribution in [0.15, 0.2) is 69.5 Å². The summed E-state index contributed by atoms with van der Waals surface area (Å²) in [5.74, 6) is -0.800. The van der Waals surface area contributed by atoms with Crippen LogP contribution in [0.5, 0.6) is 0 Å². The van der Waals surface area contributed by atoms with Crippen molar-refractivity contribution in [1.29, 1.82) is 0 Å². The molecule has 162 valence electrons. The second kappa shape index (κ2) is 7.25. The second-order valence-electron chi connectivity index (χ2n) is 7.13. The fourth-order valence-corrected chi connectivity index (χ4v) is 3.57. The van der Waals surface area contributed by atoms with Gasteiger partial charge in [-0.2, -0.15) is 23.3 Å². The van der Waals surface area contributed by atoms with Gasteiger partial charge in [0.1, 0.15) is 6.54 Å². The molecule has 0 bridgehead atoms. The molecule has 2 amide bonds. The van der Waals surface area contributed by atoms with Gasteiger partial charge < -0.3 is 4.52 Å². The van der Waals surface area contributed by atoms with E-state index in [1.165, 1.54) is 17.1 Å². The number of carbonyl (C=O) groups excluding carboxylic acids is 2. The number of carbonyl (C=O) groups is 2. The van der Waals surface area contributed by atoms with Gasteiger partial charge in [-0.15, -0.1) is 0 Å². The number of para-hydroxylation sites is 1. The Balaban J connectivity index is 1.33. The SMILES string of the molecule is O=C1[C@H]2N=NN(Cc3nc(-c4ccc(C(F)(F)F)cc4)no3)[C@H]2C(=O)N1c1ccccc1. The fraction of sp³-hybridized carbons (Fsp3) is 0.200. The van der Waals surface area contributed by atoms with Gasteiger partial charge in [0.25, 0.3) is 11.8 Å². The molecule has 9 nitrogen and oxygen atoms in total. The molecule has 2 aliphatic rings. The smallest absolute Gasteiger partial charge is 0.337 e. The Morgan fingerprint density at radius 3 is 2.38 bits per heavy atom. The van der Waals surface area contributed by atoms with Gasteiger partial charge in [-0.3, -0.25) is 14.6 Å². The Labute approximate surface area is 178 Å². The Bertz CT molecular complexity index is 1210. The van der Waals surface area contributed by atoms with E-state index in [0.29, 0.717) is 11.3 Å². The highest BCUT2D eigenvalue weighted by atomic mass is 19.4. The normalized spacial score (nSPS) is 20.3. The van der Waals surface area contributed by atoms with Gasteiger partial charge in [0.15, 0.2) is 12.1 Å². The quantitative estimate of drug-likeness (QED) is 0.575. The van der Waals surface area contributed by atoms with E-state index in [-0.39, 0.29) is 18.3 Å². The number of nitrogens with zero attached hydrogens (tertiary/aromatic N) is 6. The van der Waals surface area contributed by atoms with Gasteiger partial charge in [-0.25, -0.2) is 4.90 Å².